The summed E-state index contributed by atoms with van der Waals surface area (Å²) in [6, 6.07) is 2.36. The molecule has 2 heterocycles. The van der Waals surface area contributed by atoms with E-state index in [2.05, 4.69) is 39.0 Å². The van der Waals surface area contributed by atoms with E-state index < -0.39 is 0 Å². The largest absolute Gasteiger partial charge is 0.476 e. The Balaban J connectivity index is 2.01. The minimum atomic E-state index is 0.237. The van der Waals surface area contributed by atoms with Crippen LogP contribution in [0, 0.1) is 0 Å². The van der Waals surface area contributed by atoms with Crippen LogP contribution in [0.3, 0.4) is 0 Å². The Morgan fingerprint density at radius 3 is 3.00 bits per heavy atom. The van der Waals surface area contributed by atoms with Crippen molar-refractivity contribution in [2.75, 3.05) is 17.7 Å². The summed E-state index contributed by atoms with van der Waals surface area (Å²) in [6.07, 6.45) is 3.32. The standard InChI is InChI=1S/C14H20N4OS/c1-3-5-19-14-12(15)13(16-9-17-14)18-10(2)7-11-4-6-20-8-11/h4,6,8-10H,3,5,7,15H2,1-2H3,(H,16,17,18). The normalized spacial score (nSPS) is 12.1. The van der Waals surface area contributed by atoms with E-state index in [1.165, 1.54) is 11.9 Å². The number of anilines is 2. The molecule has 0 aromatic carbocycles. The molecule has 2 aromatic rings. The number of ether oxygens (including phenoxy) is 1. The average molecular weight is 292 g/mol. The van der Waals surface area contributed by atoms with Crippen molar-refractivity contribution >= 4 is 22.8 Å². The molecule has 2 rings (SSSR count). The summed E-state index contributed by atoms with van der Waals surface area (Å²) in [4.78, 5) is 8.25. The first kappa shape index (κ1) is 14.6. The maximum absolute atomic E-state index is 6.04. The molecule has 0 aliphatic heterocycles. The first-order chi connectivity index (χ1) is 9.70. The van der Waals surface area contributed by atoms with Crippen molar-refractivity contribution in [3.63, 3.8) is 0 Å². The van der Waals surface area contributed by atoms with Gasteiger partial charge in [-0.15, -0.1) is 0 Å². The van der Waals surface area contributed by atoms with Crippen LogP contribution < -0.4 is 15.8 Å². The number of nitrogens with two attached hydrogens (primary N) is 1. The van der Waals surface area contributed by atoms with E-state index >= 15 is 0 Å². The van der Waals surface area contributed by atoms with E-state index in [1.807, 2.05) is 6.92 Å². The van der Waals surface area contributed by atoms with Crippen LogP contribution in [0.1, 0.15) is 25.8 Å². The first-order valence-electron chi connectivity index (χ1n) is 6.71. The molecule has 108 valence electrons. The number of nitrogens with zero attached hydrogens (tertiary/aromatic N) is 2. The van der Waals surface area contributed by atoms with Gasteiger partial charge in [-0.1, -0.05) is 6.92 Å². The third-order valence-corrected chi connectivity index (χ3v) is 3.53. The Labute approximate surface area is 123 Å². The first-order valence-corrected chi connectivity index (χ1v) is 7.65. The molecule has 0 aliphatic carbocycles. The van der Waals surface area contributed by atoms with Crippen LogP contribution in [0.5, 0.6) is 5.88 Å². The molecule has 2 aromatic heterocycles. The molecule has 0 saturated heterocycles. The van der Waals surface area contributed by atoms with Crippen LogP contribution in [-0.2, 0) is 6.42 Å². The molecule has 6 heteroatoms. The number of nitrogen functional groups attached to an aromatic ring is 1. The highest BCUT2D eigenvalue weighted by molar-refractivity contribution is 7.07. The zero-order chi connectivity index (χ0) is 14.4. The summed E-state index contributed by atoms with van der Waals surface area (Å²) < 4.78 is 5.50. The fourth-order valence-corrected chi connectivity index (χ4v) is 2.54. The van der Waals surface area contributed by atoms with Gasteiger partial charge in [-0.25, -0.2) is 4.98 Å². The molecule has 1 unspecified atom stereocenters. The van der Waals surface area contributed by atoms with Crippen molar-refractivity contribution in [2.24, 2.45) is 0 Å². The topological polar surface area (TPSA) is 73.1 Å². The summed E-state index contributed by atoms with van der Waals surface area (Å²) in [5.74, 6) is 1.08. The Bertz CT molecular complexity index is 530. The van der Waals surface area contributed by atoms with Gasteiger partial charge in [0.1, 0.15) is 12.0 Å². The lowest BCUT2D eigenvalue weighted by molar-refractivity contribution is 0.306. The average Bonchev–Trinajstić information content (AvgIpc) is 2.92. The number of rotatable bonds is 7. The number of aromatic nitrogens is 2. The molecular weight excluding hydrogens is 272 g/mol. The molecule has 3 N–H and O–H groups in total. The maximum atomic E-state index is 6.04. The smallest absolute Gasteiger partial charge is 0.242 e. The van der Waals surface area contributed by atoms with Gasteiger partial charge in [-0.3, -0.25) is 0 Å². The number of hydrogen-bond donors (Lipinski definition) is 2. The van der Waals surface area contributed by atoms with Crippen LogP contribution in [0.15, 0.2) is 23.2 Å². The second-order valence-electron chi connectivity index (χ2n) is 4.67. The molecule has 1 atom stereocenters. The number of nitrogens with one attached hydrogen (secondary N) is 1. The van der Waals surface area contributed by atoms with Crippen molar-refractivity contribution in [3.8, 4) is 5.88 Å². The van der Waals surface area contributed by atoms with E-state index in [0.29, 0.717) is 24.0 Å². The lowest BCUT2D eigenvalue weighted by Gasteiger charge is -2.16. The molecule has 0 spiro atoms. The summed E-state index contributed by atoms with van der Waals surface area (Å²) in [5, 5.41) is 7.55. The van der Waals surface area contributed by atoms with Crippen LogP contribution in [-0.4, -0.2) is 22.6 Å². The second-order valence-corrected chi connectivity index (χ2v) is 5.45. The molecule has 0 amide bonds. The van der Waals surface area contributed by atoms with E-state index in [0.717, 1.165) is 12.8 Å². The SMILES string of the molecule is CCCOc1ncnc(NC(C)Cc2ccsc2)c1N. The van der Waals surface area contributed by atoms with Crippen molar-refractivity contribution < 1.29 is 4.74 Å². The predicted molar refractivity (Wildman–Crippen MR) is 83.3 cm³/mol. The molecule has 0 fully saturated rings. The van der Waals surface area contributed by atoms with E-state index in [1.54, 1.807) is 11.3 Å². The molecule has 0 bridgehead atoms. The van der Waals surface area contributed by atoms with Crippen molar-refractivity contribution in [3.05, 3.63) is 28.7 Å². The molecule has 0 saturated carbocycles. The van der Waals surface area contributed by atoms with Gasteiger partial charge < -0.3 is 15.8 Å². The zero-order valence-corrected chi connectivity index (χ0v) is 12.6. The molecule has 0 aliphatic rings. The fourth-order valence-electron chi connectivity index (χ4n) is 1.85. The van der Waals surface area contributed by atoms with Gasteiger partial charge in [0, 0.05) is 6.04 Å². The van der Waals surface area contributed by atoms with E-state index in [4.69, 9.17) is 10.5 Å². The highest BCUT2D eigenvalue weighted by atomic mass is 32.1. The quantitative estimate of drug-likeness (QED) is 0.821. The zero-order valence-electron chi connectivity index (χ0n) is 11.8. The highest BCUT2D eigenvalue weighted by Gasteiger charge is 2.12. The van der Waals surface area contributed by atoms with Crippen molar-refractivity contribution in [1.82, 2.24) is 9.97 Å². The third kappa shape index (κ3) is 3.84. The van der Waals surface area contributed by atoms with Crippen LogP contribution in [0.4, 0.5) is 11.5 Å². The van der Waals surface area contributed by atoms with E-state index in [9.17, 15) is 0 Å². The minimum Gasteiger partial charge on any atom is -0.476 e. The van der Waals surface area contributed by atoms with Gasteiger partial charge >= 0.3 is 0 Å². The molecule has 5 nitrogen and oxygen atoms in total. The summed E-state index contributed by atoms with van der Waals surface area (Å²) in [5.41, 5.74) is 7.82. The number of hydrogen-bond acceptors (Lipinski definition) is 6. The van der Waals surface area contributed by atoms with Gasteiger partial charge in [0.25, 0.3) is 0 Å². The maximum Gasteiger partial charge on any atom is 0.242 e. The van der Waals surface area contributed by atoms with Crippen LogP contribution in [0.25, 0.3) is 0 Å². The molecule has 20 heavy (non-hydrogen) atoms. The Hall–Kier alpha value is -1.82. The lowest BCUT2D eigenvalue weighted by Crippen LogP contribution is -2.20. The van der Waals surface area contributed by atoms with Gasteiger partial charge in [-0.2, -0.15) is 16.3 Å². The van der Waals surface area contributed by atoms with Crippen LogP contribution >= 0.6 is 11.3 Å². The summed E-state index contributed by atoms with van der Waals surface area (Å²) >= 11 is 1.70. The second kappa shape index (κ2) is 7.09. The Morgan fingerprint density at radius 2 is 2.30 bits per heavy atom. The lowest BCUT2D eigenvalue weighted by atomic mass is 10.1. The van der Waals surface area contributed by atoms with Crippen molar-refractivity contribution in [2.45, 2.75) is 32.7 Å². The highest BCUT2D eigenvalue weighted by Crippen LogP contribution is 2.25. The number of thiophene rings is 1. The van der Waals surface area contributed by atoms with Crippen LogP contribution in [0.2, 0.25) is 0 Å². The monoisotopic (exact) mass is 292 g/mol. The summed E-state index contributed by atoms with van der Waals surface area (Å²) in [7, 11) is 0. The molecular formula is C14H20N4OS. The Kier molecular flexibility index (Phi) is 5.17. The Morgan fingerprint density at radius 1 is 1.45 bits per heavy atom. The van der Waals surface area contributed by atoms with Crippen molar-refractivity contribution in [1.29, 1.82) is 0 Å². The predicted octanol–water partition coefficient (Wildman–Crippen LogP) is 2.95. The molecule has 0 radical (unpaired) electrons. The van der Waals surface area contributed by atoms with E-state index in [-0.39, 0.29) is 6.04 Å². The minimum absolute atomic E-state index is 0.237. The van der Waals surface area contributed by atoms with Gasteiger partial charge in [0.2, 0.25) is 5.88 Å². The third-order valence-electron chi connectivity index (χ3n) is 2.80. The van der Waals surface area contributed by atoms with Gasteiger partial charge in [0.15, 0.2) is 5.82 Å². The fraction of sp³-hybridized carbons (Fsp3) is 0.429. The van der Waals surface area contributed by atoms with Gasteiger partial charge in [-0.05, 0) is 42.2 Å². The van der Waals surface area contributed by atoms with Gasteiger partial charge in [0.05, 0.1) is 6.61 Å². The summed E-state index contributed by atoms with van der Waals surface area (Å²) in [6.45, 7) is 4.75.